The number of anilines is 1. The Balaban J connectivity index is 1.78. The lowest BCUT2D eigenvalue weighted by atomic mass is 9.82. The first-order valence-corrected chi connectivity index (χ1v) is 10.2. The van der Waals surface area contributed by atoms with Crippen LogP contribution < -0.4 is 14.8 Å². The van der Waals surface area contributed by atoms with E-state index >= 15 is 0 Å². The predicted molar refractivity (Wildman–Crippen MR) is 120 cm³/mol. The summed E-state index contributed by atoms with van der Waals surface area (Å²) in [6, 6.07) is 14.2. The van der Waals surface area contributed by atoms with Crippen molar-refractivity contribution in [3.05, 3.63) is 71.2 Å². The predicted octanol–water partition coefficient (Wildman–Crippen LogP) is 5.53. The highest BCUT2D eigenvalue weighted by Crippen LogP contribution is 2.33. The molecule has 3 aromatic rings. The molecule has 1 aromatic heterocycles. The van der Waals surface area contributed by atoms with Crippen molar-refractivity contribution >= 4 is 11.6 Å². The average Bonchev–Trinajstić information content (AvgIpc) is 3.23. The van der Waals surface area contributed by atoms with Crippen molar-refractivity contribution in [3.63, 3.8) is 0 Å². The number of rotatable bonds is 8. The molecule has 3 rings (SSSR count). The number of phenolic OH excluding ortho intramolecular Hbond substituents is 1. The largest absolute Gasteiger partial charge is 0.506 e. The summed E-state index contributed by atoms with van der Waals surface area (Å²) in [5, 5.41) is 13.0. The maximum Gasteiger partial charge on any atom is 0.291 e. The fourth-order valence-electron chi connectivity index (χ4n) is 3.25. The highest BCUT2D eigenvalue weighted by atomic mass is 16.5. The van der Waals surface area contributed by atoms with E-state index in [0.29, 0.717) is 29.4 Å². The van der Waals surface area contributed by atoms with Crippen molar-refractivity contribution in [2.75, 3.05) is 19.5 Å². The molecular weight excluding hydrogens is 394 g/mol. The zero-order valence-electron chi connectivity index (χ0n) is 18.6. The lowest BCUT2D eigenvalue weighted by Crippen LogP contribution is -2.17. The van der Waals surface area contributed by atoms with Gasteiger partial charge in [0.2, 0.25) is 0 Å². The number of carbonyl (C=O) groups excluding carboxylic acids is 1. The van der Waals surface area contributed by atoms with E-state index in [0.717, 1.165) is 17.5 Å². The number of benzene rings is 2. The number of methoxy groups -OCH3 is 2. The molecular formula is C25H29NO5. The van der Waals surface area contributed by atoms with Crippen LogP contribution in [0.15, 0.2) is 52.9 Å². The van der Waals surface area contributed by atoms with Crippen molar-refractivity contribution in [1.82, 2.24) is 0 Å². The van der Waals surface area contributed by atoms with Crippen LogP contribution in [0.3, 0.4) is 0 Å². The molecule has 2 N–H and O–H groups in total. The van der Waals surface area contributed by atoms with E-state index in [1.807, 2.05) is 30.3 Å². The summed E-state index contributed by atoms with van der Waals surface area (Å²) in [6.45, 7) is 6.35. The minimum Gasteiger partial charge on any atom is -0.506 e. The molecule has 6 nitrogen and oxygen atoms in total. The standard InChI is InChI=1S/C25H29NO5/c1-6-25(2,3)17-7-10-21(27)20(15-17)26-24(28)23-12-9-19(31-23)14-16-13-18(29-4)8-11-22(16)30-5/h7-13,15,27H,6,14H2,1-5H3,(H,26,28). The minimum atomic E-state index is -0.425. The Hall–Kier alpha value is -3.41. The van der Waals surface area contributed by atoms with Gasteiger partial charge in [0.25, 0.3) is 5.91 Å². The van der Waals surface area contributed by atoms with Crippen molar-refractivity contribution < 1.29 is 23.8 Å². The molecule has 0 unspecified atom stereocenters. The number of nitrogens with one attached hydrogen (secondary N) is 1. The molecule has 1 amide bonds. The lowest BCUT2D eigenvalue weighted by molar-refractivity contribution is 0.0994. The number of phenols is 1. The van der Waals surface area contributed by atoms with Crippen LogP contribution in [0.25, 0.3) is 0 Å². The molecule has 0 aliphatic heterocycles. The molecule has 6 heteroatoms. The van der Waals surface area contributed by atoms with Gasteiger partial charge in [0.15, 0.2) is 5.76 Å². The summed E-state index contributed by atoms with van der Waals surface area (Å²) in [5.74, 6) is 1.79. The van der Waals surface area contributed by atoms with Crippen LogP contribution in [-0.4, -0.2) is 25.2 Å². The summed E-state index contributed by atoms with van der Waals surface area (Å²) < 4.78 is 16.5. The number of carbonyl (C=O) groups is 1. The van der Waals surface area contributed by atoms with Gasteiger partial charge in [0.05, 0.1) is 19.9 Å². The van der Waals surface area contributed by atoms with Crippen LogP contribution in [0.4, 0.5) is 5.69 Å². The lowest BCUT2D eigenvalue weighted by Gasteiger charge is -2.24. The summed E-state index contributed by atoms with van der Waals surface area (Å²) in [5.41, 5.74) is 2.21. The van der Waals surface area contributed by atoms with Gasteiger partial charge in [-0.2, -0.15) is 0 Å². The van der Waals surface area contributed by atoms with Gasteiger partial charge in [-0.1, -0.05) is 26.8 Å². The first-order valence-electron chi connectivity index (χ1n) is 10.2. The quantitative estimate of drug-likeness (QED) is 0.466. The molecule has 31 heavy (non-hydrogen) atoms. The van der Waals surface area contributed by atoms with E-state index in [9.17, 15) is 9.90 Å². The number of hydrogen-bond acceptors (Lipinski definition) is 5. The van der Waals surface area contributed by atoms with Gasteiger partial charge in [-0.15, -0.1) is 0 Å². The Bertz CT molecular complexity index is 1070. The fourth-order valence-corrected chi connectivity index (χ4v) is 3.25. The van der Waals surface area contributed by atoms with Gasteiger partial charge in [0, 0.05) is 12.0 Å². The normalized spacial score (nSPS) is 11.3. The van der Waals surface area contributed by atoms with E-state index in [4.69, 9.17) is 13.9 Å². The van der Waals surface area contributed by atoms with E-state index in [1.54, 1.807) is 32.4 Å². The molecule has 164 valence electrons. The Labute approximate surface area is 182 Å². The Morgan fingerprint density at radius 3 is 2.52 bits per heavy atom. The summed E-state index contributed by atoms with van der Waals surface area (Å²) in [4.78, 5) is 12.7. The highest BCUT2D eigenvalue weighted by molar-refractivity contribution is 6.03. The summed E-state index contributed by atoms with van der Waals surface area (Å²) >= 11 is 0. The Kier molecular flexibility index (Phi) is 6.59. The van der Waals surface area contributed by atoms with Crippen LogP contribution in [0.2, 0.25) is 0 Å². The van der Waals surface area contributed by atoms with Crippen molar-refractivity contribution in [3.8, 4) is 17.2 Å². The Morgan fingerprint density at radius 1 is 1.06 bits per heavy atom. The van der Waals surface area contributed by atoms with Crippen molar-refractivity contribution in [2.45, 2.75) is 39.0 Å². The second-order valence-corrected chi connectivity index (χ2v) is 8.04. The van der Waals surface area contributed by atoms with Gasteiger partial charge < -0.3 is 24.3 Å². The van der Waals surface area contributed by atoms with Crippen molar-refractivity contribution in [1.29, 1.82) is 0 Å². The third-order valence-corrected chi connectivity index (χ3v) is 5.65. The van der Waals surface area contributed by atoms with E-state index in [1.165, 1.54) is 0 Å². The van der Waals surface area contributed by atoms with Crippen LogP contribution in [-0.2, 0) is 11.8 Å². The molecule has 0 aliphatic carbocycles. The van der Waals surface area contributed by atoms with E-state index in [2.05, 4.69) is 26.1 Å². The maximum atomic E-state index is 12.7. The zero-order chi connectivity index (χ0) is 22.6. The summed E-state index contributed by atoms with van der Waals surface area (Å²) in [6.07, 6.45) is 1.37. The molecule has 0 fully saturated rings. The SMILES string of the molecule is CCC(C)(C)c1ccc(O)c(NC(=O)c2ccc(Cc3cc(OC)ccc3OC)o2)c1. The minimum absolute atomic E-state index is 0.0110. The van der Waals surface area contributed by atoms with Crippen LogP contribution in [0, 0.1) is 0 Å². The van der Waals surface area contributed by atoms with E-state index < -0.39 is 5.91 Å². The Morgan fingerprint density at radius 2 is 1.84 bits per heavy atom. The van der Waals surface area contributed by atoms with Crippen LogP contribution in [0.5, 0.6) is 17.2 Å². The third-order valence-electron chi connectivity index (χ3n) is 5.65. The molecule has 2 aromatic carbocycles. The molecule has 0 spiro atoms. The van der Waals surface area contributed by atoms with Crippen LogP contribution in [0.1, 0.15) is 54.6 Å². The second kappa shape index (κ2) is 9.16. The second-order valence-electron chi connectivity index (χ2n) is 8.04. The maximum absolute atomic E-state index is 12.7. The number of aromatic hydroxyl groups is 1. The molecule has 0 saturated heterocycles. The number of hydrogen-bond donors (Lipinski definition) is 2. The van der Waals surface area contributed by atoms with Gasteiger partial charge >= 0.3 is 0 Å². The molecule has 1 heterocycles. The third kappa shape index (κ3) is 5.02. The highest BCUT2D eigenvalue weighted by Gasteiger charge is 2.21. The van der Waals surface area contributed by atoms with Crippen LogP contribution >= 0.6 is 0 Å². The van der Waals surface area contributed by atoms with Gasteiger partial charge in [0.1, 0.15) is 23.0 Å². The summed E-state index contributed by atoms with van der Waals surface area (Å²) in [7, 11) is 3.21. The average molecular weight is 424 g/mol. The number of amides is 1. The van der Waals surface area contributed by atoms with Gasteiger partial charge in [-0.3, -0.25) is 4.79 Å². The zero-order valence-corrected chi connectivity index (χ0v) is 18.6. The number of furan rings is 1. The molecule has 0 radical (unpaired) electrons. The molecule has 0 aliphatic rings. The first-order chi connectivity index (χ1) is 14.8. The monoisotopic (exact) mass is 423 g/mol. The van der Waals surface area contributed by atoms with E-state index in [-0.39, 0.29) is 16.9 Å². The first kappa shape index (κ1) is 22.3. The smallest absolute Gasteiger partial charge is 0.291 e. The van der Waals surface area contributed by atoms with Gasteiger partial charge in [-0.25, -0.2) is 0 Å². The fraction of sp³-hybridized carbons (Fsp3) is 0.320. The number of ether oxygens (including phenoxy) is 2. The molecule has 0 bridgehead atoms. The molecule has 0 saturated carbocycles. The topological polar surface area (TPSA) is 80.9 Å². The van der Waals surface area contributed by atoms with Crippen molar-refractivity contribution in [2.24, 2.45) is 0 Å². The van der Waals surface area contributed by atoms with Gasteiger partial charge in [-0.05, 0) is 59.9 Å². The molecule has 0 atom stereocenters.